The summed E-state index contributed by atoms with van der Waals surface area (Å²) in [5.74, 6) is 0. The van der Waals surface area contributed by atoms with Gasteiger partial charge in [-0.1, -0.05) is 11.3 Å². The molecule has 0 aliphatic heterocycles. The minimum atomic E-state index is 0.0539. The van der Waals surface area contributed by atoms with Crippen LogP contribution >= 0.6 is 0 Å². The maximum absolute atomic E-state index is 9.03. The van der Waals surface area contributed by atoms with Gasteiger partial charge in [0.05, 0.1) is 12.1 Å². The minimum absolute atomic E-state index is 0.0539. The average Bonchev–Trinajstić information content (AvgIpc) is 2.50. The van der Waals surface area contributed by atoms with Crippen LogP contribution in [0.25, 0.3) is 11.0 Å². The Morgan fingerprint density at radius 3 is 2.92 bits per heavy atom. The quantitative estimate of drug-likeness (QED) is 0.700. The van der Waals surface area contributed by atoms with Crippen molar-refractivity contribution in [3.63, 3.8) is 0 Å². The van der Waals surface area contributed by atoms with Gasteiger partial charge in [-0.25, -0.2) is 4.68 Å². The third kappa shape index (κ3) is 1.10. The predicted molar refractivity (Wildman–Crippen MR) is 49.2 cm³/mol. The zero-order valence-electron chi connectivity index (χ0n) is 7.65. The first-order valence-corrected chi connectivity index (χ1v) is 4.12. The first kappa shape index (κ1) is 8.19. The van der Waals surface area contributed by atoms with Gasteiger partial charge in [0.25, 0.3) is 0 Å². The number of hydrogen-bond acceptors (Lipinski definition) is 3. The van der Waals surface area contributed by atoms with E-state index in [2.05, 4.69) is 10.3 Å². The fourth-order valence-corrected chi connectivity index (χ4v) is 1.45. The van der Waals surface area contributed by atoms with Gasteiger partial charge in [0, 0.05) is 7.05 Å². The summed E-state index contributed by atoms with van der Waals surface area (Å²) in [6.07, 6.45) is 0. The van der Waals surface area contributed by atoms with Gasteiger partial charge in [-0.05, 0) is 24.1 Å². The van der Waals surface area contributed by atoms with Crippen LogP contribution in [0.15, 0.2) is 12.1 Å². The van der Waals surface area contributed by atoms with Crippen molar-refractivity contribution in [2.45, 2.75) is 13.5 Å². The molecule has 0 bridgehead atoms. The van der Waals surface area contributed by atoms with Crippen LogP contribution in [0.4, 0.5) is 0 Å². The molecule has 0 spiro atoms. The van der Waals surface area contributed by atoms with Crippen molar-refractivity contribution in [2.24, 2.45) is 7.05 Å². The van der Waals surface area contributed by atoms with Crippen LogP contribution < -0.4 is 0 Å². The Balaban J connectivity index is 2.80. The van der Waals surface area contributed by atoms with E-state index in [1.807, 2.05) is 26.1 Å². The van der Waals surface area contributed by atoms with Crippen molar-refractivity contribution in [3.05, 3.63) is 23.3 Å². The highest BCUT2D eigenvalue weighted by Gasteiger charge is 2.06. The van der Waals surface area contributed by atoms with E-state index in [0.717, 1.165) is 22.2 Å². The Morgan fingerprint density at radius 2 is 2.23 bits per heavy atom. The Hall–Kier alpha value is -1.42. The summed E-state index contributed by atoms with van der Waals surface area (Å²) < 4.78 is 1.73. The molecule has 68 valence electrons. The van der Waals surface area contributed by atoms with Crippen LogP contribution in [0.2, 0.25) is 0 Å². The first-order valence-electron chi connectivity index (χ1n) is 4.12. The SMILES string of the molecule is Cc1c(CO)ccc2c1nnn2C. The fraction of sp³-hybridized carbons (Fsp3) is 0.333. The van der Waals surface area contributed by atoms with Crippen LogP contribution in [0, 0.1) is 6.92 Å². The molecule has 4 nitrogen and oxygen atoms in total. The predicted octanol–water partition coefficient (Wildman–Crippen LogP) is 0.769. The third-order valence-corrected chi connectivity index (χ3v) is 2.32. The maximum Gasteiger partial charge on any atom is 0.116 e. The summed E-state index contributed by atoms with van der Waals surface area (Å²) in [6, 6.07) is 3.83. The fourth-order valence-electron chi connectivity index (χ4n) is 1.45. The molecule has 0 saturated carbocycles. The Bertz CT molecular complexity index is 447. The molecule has 0 aliphatic rings. The number of aryl methyl sites for hydroxylation is 2. The molecule has 1 aromatic heterocycles. The molecule has 1 heterocycles. The molecule has 0 aliphatic carbocycles. The minimum Gasteiger partial charge on any atom is -0.392 e. The molecule has 0 unspecified atom stereocenters. The number of aliphatic hydroxyl groups excluding tert-OH is 1. The van der Waals surface area contributed by atoms with Gasteiger partial charge in [0.2, 0.25) is 0 Å². The monoisotopic (exact) mass is 177 g/mol. The van der Waals surface area contributed by atoms with Crippen LogP contribution in [-0.2, 0) is 13.7 Å². The number of rotatable bonds is 1. The highest BCUT2D eigenvalue weighted by molar-refractivity contribution is 5.79. The smallest absolute Gasteiger partial charge is 0.116 e. The van der Waals surface area contributed by atoms with E-state index in [1.54, 1.807) is 4.68 Å². The molecular formula is C9H11N3O. The first-order chi connectivity index (χ1) is 6.24. The second kappa shape index (κ2) is 2.81. The summed E-state index contributed by atoms with van der Waals surface area (Å²) in [6.45, 7) is 2.00. The lowest BCUT2D eigenvalue weighted by molar-refractivity contribution is 0.281. The molecule has 0 amide bonds. The molecular weight excluding hydrogens is 166 g/mol. The second-order valence-electron chi connectivity index (χ2n) is 3.09. The summed E-state index contributed by atoms with van der Waals surface area (Å²) >= 11 is 0. The number of nitrogens with zero attached hydrogens (tertiary/aromatic N) is 3. The summed E-state index contributed by atoms with van der Waals surface area (Å²) in [4.78, 5) is 0. The largest absolute Gasteiger partial charge is 0.392 e. The highest BCUT2D eigenvalue weighted by atomic mass is 16.3. The maximum atomic E-state index is 9.03. The molecule has 0 saturated heterocycles. The van der Waals surface area contributed by atoms with Gasteiger partial charge in [0.1, 0.15) is 5.52 Å². The standard InChI is InChI=1S/C9H11N3O/c1-6-7(5-13)3-4-8-9(6)10-11-12(8)2/h3-4,13H,5H2,1-2H3. The number of aromatic nitrogens is 3. The van der Waals surface area contributed by atoms with Crippen LogP contribution in [0.3, 0.4) is 0 Å². The van der Waals surface area contributed by atoms with E-state index in [1.165, 1.54) is 0 Å². The molecule has 2 aromatic rings. The van der Waals surface area contributed by atoms with E-state index in [0.29, 0.717) is 0 Å². The van der Waals surface area contributed by atoms with Crippen molar-refractivity contribution in [1.29, 1.82) is 0 Å². The lowest BCUT2D eigenvalue weighted by Crippen LogP contribution is -1.91. The van der Waals surface area contributed by atoms with Crippen LogP contribution in [0.5, 0.6) is 0 Å². The molecule has 0 radical (unpaired) electrons. The van der Waals surface area contributed by atoms with E-state index in [-0.39, 0.29) is 6.61 Å². The number of hydrogen-bond donors (Lipinski definition) is 1. The molecule has 0 atom stereocenters. The molecule has 4 heteroatoms. The molecule has 1 N–H and O–H groups in total. The summed E-state index contributed by atoms with van der Waals surface area (Å²) in [5, 5.41) is 17.0. The van der Waals surface area contributed by atoms with Crippen LogP contribution in [-0.4, -0.2) is 20.1 Å². The average molecular weight is 177 g/mol. The van der Waals surface area contributed by atoms with Crippen molar-refractivity contribution in [1.82, 2.24) is 15.0 Å². The Labute approximate surface area is 75.8 Å². The normalized spacial score (nSPS) is 11.0. The van der Waals surface area contributed by atoms with Crippen molar-refractivity contribution in [3.8, 4) is 0 Å². The number of fused-ring (bicyclic) bond motifs is 1. The number of aliphatic hydroxyl groups is 1. The van der Waals surface area contributed by atoms with Crippen molar-refractivity contribution in [2.75, 3.05) is 0 Å². The highest BCUT2D eigenvalue weighted by Crippen LogP contribution is 2.18. The van der Waals surface area contributed by atoms with Gasteiger partial charge in [-0.3, -0.25) is 0 Å². The van der Waals surface area contributed by atoms with Gasteiger partial charge in [0.15, 0.2) is 0 Å². The Kier molecular flexibility index (Phi) is 1.77. The number of benzene rings is 1. The lowest BCUT2D eigenvalue weighted by atomic mass is 10.1. The van der Waals surface area contributed by atoms with E-state index in [9.17, 15) is 0 Å². The molecule has 2 rings (SSSR count). The molecule has 0 fully saturated rings. The topological polar surface area (TPSA) is 50.9 Å². The third-order valence-electron chi connectivity index (χ3n) is 2.32. The van der Waals surface area contributed by atoms with Gasteiger partial charge >= 0.3 is 0 Å². The van der Waals surface area contributed by atoms with E-state index < -0.39 is 0 Å². The molecule has 1 aromatic carbocycles. The van der Waals surface area contributed by atoms with Gasteiger partial charge in [-0.15, -0.1) is 5.10 Å². The van der Waals surface area contributed by atoms with Gasteiger partial charge in [-0.2, -0.15) is 0 Å². The van der Waals surface area contributed by atoms with E-state index >= 15 is 0 Å². The zero-order chi connectivity index (χ0) is 9.42. The van der Waals surface area contributed by atoms with Crippen molar-refractivity contribution < 1.29 is 5.11 Å². The lowest BCUT2D eigenvalue weighted by Gasteiger charge is -2.01. The van der Waals surface area contributed by atoms with Crippen LogP contribution in [0.1, 0.15) is 11.1 Å². The second-order valence-corrected chi connectivity index (χ2v) is 3.09. The summed E-state index contributed by atoms with van der Waals surface area (Å²) in [5.41, 5.74) is 3.78. The molecule has 13 heavy (non-hydrogen) atoms. The van der Waals surface area contributed by atoms with Crippen molar-refractivity contribution >= 4 is 11.0 Å². The zero-order valence-corrected chi connectivity index (χ0v) is 7.65. The Morgan fingerprint density at radius 1 is 1.46 bits per heavy atom. The summed E-state index contributed by atoms with van der Waals surface area (Å²) in [7, 11) is 1.85. The van der Waals surface area contributed by atoms with E-state index in [4.69, 9.17) is 5.11 Å². The van der Waals surface area contributed by atoms with Gasteiger partial charge < -0.3 is 5.11 Å².